The van der Waals surface area contributed by atoms with E-state index in [9.17, 15) is 5.11 Å². The summed E-state index contributed by atoms with van der Waals surface area (Å²) in [7, 11) is 2.21. The SMILES string of the molecule is Cc1ccc(CNc2ccc(-c3nn(C4(C)CCC(N5CCN(C)CC5)CC4)c4ncnc(N)c34)cc2CO)o1. The molecule has 1 saturated heterocycles. The lowest BCUT2D eigenvalue weighted by atomic mass is 9.80. The standard InChI is InChI=1S/C30H40N8O2/c1-20-4-6-24(40-20)17-32-25-7-5-21(16-22(25)18-39)27-26-28(31)33-19-34-29(26)38(35-27)30(2)10-8-23(9-11-30)37-14-12-36(3)13-15-37/h4-7,16,19,23,32,39H,8-15,17-18H2,1-3H3,(H2,31,33,34). The number of likely N-dealkylation sites (N-methyl/N-ethyl adjacent to an activating group) is 1. The highest BCUT2D eigenvalue weighted by atomic mass is 16.3. The molecule has 1 saturated carbocycles. The second-order valence-corrected chi connectivity index (χ2v) is 11.7. The van der Waals surface area contributed by atoms with Gasteiger partial charge in [-0.15, -0.1) is 0 Å². The number of aryl methyl sites for hydroxylation is 1. The average Bonchev–Trinajstić information content (AvgIpc) is 3.57. The van der Waals surface area contributed by atoms with Crippen LogP contribution in [0.3, 0.4) is 0 Å². The van der Waals surface area contributed by atoms with Gasteiger partial charge >= 0.3 is 0 Å². The van der Waals surface area contributed by atoms with E-state index in [4.69, 9.17) is 15.2 Å². The van der Waals surface area contributed by atoms with Gasteiger partial charge in [0.05, 0.1) is 24.1 Å². The van der Waals surface area contributed by atoms with Gasteiger partial charge in [0.2, 0.25) is 0 Å². The minimum Gasteiger partial charge on any atom is -0.465 e. The highest BCUT2D eigenvalue weighted by molar-refractivity contribution is 5.98. The number of aromatic nitrogens is 4. The first-order valence-corrected chi connectivity index (χ1v) is 14.3. The summed E-state index contributed by atoms with van der Waals surface area (Å²) in [5.41, 5.74) is 10.3. The molecular formula is C30H40N8O2. The monoisotopic (exact) mass is 544 g/mol. The van der Waals surface area contributed by atoms with Gasteiger partial charge in [-0.05, 0) is 70.8 Å². The Labute approximate surface area is 235 Å². The van der Waals surface area contributed by atoms with Crippen molar-refractivity contribution in [3.63, 3.8) is 0 Å². The van der Waals surface area contributed by atoms with Gasteiger partial charge in [0.25, 0.3) is 0 Å². The Balaban J connectivity index is 1.28. The second-order valence-electron chi connectivity index (χ2n) is 11.7. The molecule has 0 amide bonds. The number of nitrogens with one attached hydrogen (secondary N) is 1. The molecule has 2 fully saturated rings. The van der Waals surface area contributed by atoms with Crippen molar-refractivity contribution in [2.75, 3.05) is 44.3 Å². The number of furan rings is 1. The largest absolute Gasteiger partial charge is 0.465 e. The van der Waals surface area contributed by atoms with Crippen molar-refractivity contribution < 1.29 is 9.52 Å². The third kappa shape index (κ3) is 5.07. The predicted octanol–water partition coefficient (Wildman–Crippen LogP) is 3.99. The molecule has 4 heterocycles. The molecule has 1 aliphatic carbocycles. The van der Waals surface area contributed by atoms with E-state index in [0.717, 1.165) is 96.9 Å². The lowest BCUT2D eigenvalue weighted by Crippen LogP contribution is -2.51. The zero-order valence-electron chi connectivity index (χ0n) is 23.7. The lowest BCUT2D eigenvalue weighted by Gasteiger charge is -2.44. The molecule has 40 heavy (non-hydrogen) atoms. The number of hydrogen-bond donors (Lipinski definition) is 3. The smallest absolute Gasteiger partial charge is 0.164 e. The lowest BCUT2D eigenvalue weighted by molar-refractivity contribution is 0.0613. The number of nitrogens with zero attached hydrogens (tertiary/aromatic N) is 6. The van der Waals surface area contributed by atoms with Crippen LogP contribution in [-0.4, -0.2) is 73.9 Å². The zero-order valence-corrected chi connectivity index (χ0v) is 23.7. The Hall–Kier alpha value is -3.47. The van der Waals surface area contributed by atoms with E-state index < -0.39 is 0 Å². The second kappa shape index (κ2) is 10.8. The van der Waals surface area contributed by atoms with Gasteiger partial charge in [-0.25, -0.2) is 14.6 Å². The van der Waals surface area contributed by atoms with Crippen LogP contribution in [-0.2, 0) is 18.7 Å². The fourth-order valence-electron chi connectivity index (χ4n) is 6.35. The van der Waals surface area contributed by atoms with Gasteiger partial charge in [0, 0.05) is 49.0 Å². The Morgan fingerprint density at radius 2 is 1.88 bits per heavy atom. The summed E-state index contributed by atoms with van der Waals surface area (Å²) in [5, 5.41) is 19.5. The molecule has 4 N–H and O–H groups in total. The van der Waals surface area contributed by atoms with Crippen LogP contribution in [0, 0.1) is 6.92 Å². The van der Waals surface area contributed by atoms with E-state index in [1.54, 1.807) is 0 Å². The molecule has 6 rings (SSSR count). The summed E-state index contributed by atoms with van der Waals surface area (Å²) in [6.07, 6.45) is 5.87. The fraction of sp³-hybridized carbons (Fsp3) is 0.500. The van der Waals surface area contributed by atoms with Gasteiger partial charge in [-0.3, -0.25) is 4.90 Å². The maximum atomic E-state index is 10.2. The summed E-state index contributed by atoms with van der Waals surface area (Å²) < 4.78 is 7.78. The van der Waals surface area contributed by atoms with E-state index in [1.807, 2.05) is 37.3 Å². The van der Waals surface area contributed by atoms with Crippen LogP contribution in [0.25, 0.3) is 22.3 Å². The number of hydrogen-bond acceptors (Lipinski definition) is 9. The molecule has 1 aromatic carbocycles. The maximum absolute atomic E-state index is 10.2. The van der Waals surface area contributed by atoms with Crippen LogP contribution in [0.1, 0.15) is 49.7 Å². The molecule has 0 bridgehead atoms. The number of rotatable bonds is 7. The summed E-state index contributed by atoms with van der Waals surface area (Å²) in [4.78, 5) is 14.1. The molecular weight excluding hydrogens is 504 g/mol. The van der Waals surface area contributed by atoms with E-state index in [1.165, 1.54) is 6.33 Å². The van der Waals surface area contributed by atoms with E-state index in [2.05, 4.69) is 43.7 Å². The van der Waals surface area contributed by atoms with Crippen LogP contribution in [0.4, 0.5) is 11.5 Å². The predicted molar refractivity (Wildman–Crippen MR) is 157 cm³/mol. The zero-order chi connectivity index (χ0) is 27.9. The number of nitrogens with two attached hydrogens (primary N) is 1. The van der Waals surface area contributed by atoms with E-state index >= 15 is 0 Å². The summed E-state index contributed by atoms with van der Waals surface area (Å²) >= 11 is 0. The van der Waals surface area contributed by atoms with Gasteiger partial charge < -0.3 is 25.5 Å². The highest BCUT2D eigenvalue weighted by Gasteiger charge is 2.38. The maximum Gasteiger partial charge on any atom is 0.164 e. The van der Waals surface area contributed by atoms with Crippen LogP contribution in [0.15, 0.2) is 41.1 Å². The molecule has 10 heteroatoms. The summed E-state index contributed by atoms with van der Waals surface area (Å²) in [6.45, 7) is 9.23. The average molecular weight is 545 g/mol. The first kappa shape index (κ1) is 26.7. The van der Waals surface area contributed by atoms with Gasteiger partial charge in [-0.2, -0.15) is 5.10 Å². The third-order valence-electron chi connectivity index (χ3n) is 8.89. The third-order valence-corrected chi connectivity index (χ3v) is 8.89. The molecule has 1 aliphatic heterocycles. The number of aliphatic hydroxyl groups is 1. The quantitative estimate of drug-likeness (QED) is 0.317. The van der Waals surface area contributed by atoms with E-state index in [-0.39, 0.29) is 12.1 Å². The first-order chi connectivity index (χ1) is 19.3. The molecule has 212 valence electrons. The molecule has 0 unspecified atom stereocenters. The van der Waals surface area contributed by atoms with Crippen molar-refractivity contribution in [2.45, 2.75) is 64.3 Å². The van der Waals surface area contributed by atoms with Crippen LogP contribution in [0.2, 0.25) is 0 Å². The van der Waals surface area contributed by atoms with Crippen molar-refractivity contribution in [1.29, 1.82) is 0 Å². The number of piperazine rings is 1. The Kier molecular flexibility index (Phi) is 7.24. The van der Waals surface area contributed by atoms with E-state index in [0.29, 0.717) is 18.4 Å². The first-order valence-electron chi connectivity index (χ1n) is 14.3. The Morgan fingerprint density at radius 3 is 2.58 bits per heavy atom. The minimum atomic E-state index is -0.164. The Morgan fingerprint density at radius 1 is 1.10 bits per heavy atom. The van der Waals surface area contributed by atoms with Crippen LogP contribution in [0.5, 0.6) is 0 Å². The molecule has 0 spiro atoms. The fourth-order valence-corrected chi connectivity index (χ4v) is 6.35. The number of aliphatic hydroxyl groups excluding tert-OH is 1. The van der Waals surface area contributed by atoms with Crippen molar-refractivity contribution in [3.8, 4) is 11.3 Å². The minimum absolute atomic E-state index is 0.108. The van der Waals surface area contributed by atoms with Gasteiger partial charge in [0.1, 0.15) is 29.4 Å². The number of benzene rings is 1. The highest BCUT2D eigenvalue weighted by Crippen LogP contribution is 2.41. The summed E-state index contributed by atoms with van der Waals surface area (Å²) in [5.74, 6) is 2.14. The van der Waals surface area contributed by atoms with Gasteiger partial charge in [-0.1, -0.05) is 6.07 Å². The van der Waals surface area contributed by atoms with Crippen molar-refractivity contribution in [1.82, 2.24) is 29.5 Å². The molecule has 10 nitrogen and oxygen atoms in total. The number of nitrogen functional groups attached to an aromatic ring is 1. The van der Waals surface area contributed by atoms with Crippen LogP contribution < -0.4 is 11.1 Å². The molecule has 4 aromatic rings. The molecule has 2 aliphatic rings. The molecule has 3 aromatic heterocycles. The van der Waals surface area contributed by atoms with Gasteiger partial charge in [0.15, 0.2) is 5.65 Å². The van der Waals surface area contributed by atoms with Crippen LogP contribution >= 0.6 is 0 Å². The Bertz CT molecular complexity index is 1480. The van der Waals surface area contributed by atoms with Crippen molar-refractivity contribution in [3.05, 3.63) is 53.7 Å². The topological polar surface area (TPSA) is 122 Å². The summed E-state index contributed by atoms with van der Waals surface area (Å²) in [6, 6.07) is 10.5. The molecule has 0 atom stereocenters. The van der Waals surface area contributed by atoms with Crippen molar-refractivity contribution in [2.24, 2.45) is 0 Å². The molecule has 0 radical (unpaired) electrons. The number of fused-ring (bicyclic) bond motifs is 1. The normalized spacial score (nSPS) is 22.6. The number of anilines is 2. The van der Waals surface area contributed by atoms with Crippen molar-refractivity contribution >= 4 is 22.5 Å².